The van der Waals surface area contributed by atoms with E-state index in [9.17, 15) is 4.79 Å². The van der Waals surface area contributed by atoms with Crippen molar-refractivity contribution in [3.63, 3.8) is 0 Å². The first-order valence-corrected chi connectivity index (χ1v) is 7.17. The topological polar surface area (TPSA) is 74.4 Å². The van der Waals surface area contributed by atoms with Crippen molar-refractivity contribution in [2.75, 3.05) is 0 Å². The van der Waals surface area contributed by atoms with Crippen molar-refractivity contribution in [1.29, 1.82) is 0 Å². The molecule has 0 aliphatic heterocycles. The Morgan fingerprint density at radius 2 is 2.05 bits per heavy atom. The summed E-state index contributed by atoms with van der Waals surface area (Å²) in [6, 6.07) is 11.1. The van der Waals surface area contributed by atoms with E-state index in [1.807, 2.05) is 18.2 Å². The largest absolute Gasteiger partial charge is 0.310 e. The molecule has 2 N–H and O–H groups in total. The van der Waals surface area contributed by atoms with E-state index < -0.39 is 0 Å². The van der Waals surface area contributed by atoms with Crippen LogP contribution in [0, 0.1) is 0 Å². The van der Waals surface area contributed by atoms with Crippen molar-refractivity contribution >= 4 is 33.4 Å². The fraction of sp³-hybridized carbons (Fsp3) is 0.0625. The Kier molecular flexibility index (Phi) is 2.94. The van der Waals surface area contributed by atoms with Gasteiger partial charge in [0.05, 0.1) is 22.6 Å². The smallest absolute Gasteiger partial charge is 0.258 e. The molecule has 4 aromatic rings. The number of benzene rings is 2. The Balaban J connectivity index is 1.77. The molecule has 2 aromatic carbocycles. The minimum absolute atomic E-state index is 0.176. The predicted molar refractivity (Wildman–Crippen MR) is 86.3 cm³/mol. The number of hydrogen-bond donors (Lipinski definition) is 2. The van der Waals surface area contributed by atoms with E-state index in [0.29, 0.717) is 28.2 Å². The molecule has 0 saturated heterocycles. The molecule has 0 radical (unpaired) electrons. The normalized spacial score (nSPS) is 11.3. The molecule has 2 heterocycles. The molecule has 0 atom stereocenters. The third-order valence-electron chi connectivity index (χ3n) is 3.59. The lowest BCUT2D eigenvalue weighted by Crippen LogP contribution is -2.12. The number of aromatic nitrogens is 4. The molecular weight excluding hydrogens is 300 g/mol. The van der Waals surface area contributed by atoms with Gasteiger partial charge in [-0.05, 0) is 29.8 Å². The molecule has 22 heavy (non-hydrogen) atoms. The van der Waals surface area contributed by atoms with Gasteiger partial charge >= 0.3 is 0 Å². The van der Waals surface area contributed by atoms with E-state index in [4.69, 9.17) is 11.6 Å². The van der Waals surface area contributed by atoms with E-state index in [1.54, 1.807) is 24.4 Å². The van der Waals surface area contributed by atoms with Crippen LogP contribution >= 0.6 is 11.6 Å². The van der Waals surface area contributed by atoms with Gasteiger partial charge in [0.1, 0.15) is 5.82 Å². The highest BCUT2D eigenvalue weighted by molar-refractivity contribution is 6.31. The lowest BCUT2D eigenvalue weighted by Gasteiger charge is -2.04. The van der Waals surface area contributed by atoms with Crippen LogP contribution in [0.4, 0.5) is 0 Å². The van der Waals surface area contributed by atoms with E-state index in [2.05, 4.69) is 20.2 Å². The van der Waals surface area contributed by atoms with Crippen molar-refractivity contribution in [2.45, 2.75) is 6.42 Å². The summed E-state index contributed by atoms with van der Waals surface area (Å²) in [5.74, 6) is 0.624. The van der Waals surface area contributed by atoms with Crippen LogP contribution in [0.25, 0.3) is 21.8 Å². The Morgan fingerprint density at radius 3 is 2.95 bits per heavy atom. The molecule has 0 fully saturated rings. The molecule has 0 amide bonds. The van der Waals surface area contributed by atoms with Gasteiger partial charge in [-0.2, -0.15) is 5.10 Å². The number of nitrogens with one attached hydrogen (secondary N) is 2. The fourth-order valence-corrected chi connectivity index (χ4v) is 2.70. The van der Waals surface area contributed by atoms with Gasteiger partial charge in [0.25, 0.3) is 5.56 Å². The summed E-state index contributed by atoms with van der Waals surface area (Å²) >= 11 is 5.91. The second-order valence-electron chi connectivity index (χ2n) is 5.14. The summed E-state index contributed by atoms with van der Waals surface area (Å²) in [5.41, 5.74) is 2.48. The molecule has 4 rings (SSSR count). The molecule has 2 aromatic heterocycles. The lowest BCUT2D eigenvalue weighted by atomic mass is 10.1. The van der Waals surface area contributed by atoms with Crippen LogP contribution in [0.2, 0.25) is 5.02 Å². The zero-order valence-corrected chi connectivity index (χ0v) is 12.2. The minimum Gasteiger partial charge on any atom is -0.310 e. The predicted octanol–water partition coefficient (Wildman–Crippen LogP) is 3.04. The molecule has 0 saturated carbocycles. The molecule has 0 unspecified atom stereocenters. The van der Waals surface area contributed by atoms with Gasteiger partial charge in [-0.15, -0.1) is 0 Å². The maximum atomic E-state index is 12.1. The minimum atomic E-state index is -0.176. The number of fused-ring (bicyclic) bond motifs is 2. The summed E-state index contributed by atoms with van der Waals surface area (Å²) in [6.07, 6.45) is 2.32. The first-order valence-electron chi connectivity index (χ1n) is 6.79. The molecule has 0 bridgehead atoms. The molecule has 0 aliphatic carbocycles. The number of aromatic amines is 2. The number of rotatable bonds is 2. The highest BCUT2D eigenvalue weighted by atomic mass is 35.5. The summed E-state index contributed by atoms with van der Waals surface area (Å²) < 4.78 is 0. The van der Waals surface area contributed by atoms with Crippen molar-refractivity contribution in [3.05, 3.63) is 69.4 Å². The third kappa shape index (κ3) is 2.25. The van der Waals surface area contributed by atoms with E-state index in [0.717, 1.165) is 16.5 Å². The van der Waals surface area contributed by atoms with Crippen LogP contribution in [0.15, 0.2) is 47.4 Å². The highest BCUT2D eigenvalue weighted by Crippen LogP contribution is 2.17. The van der Waals surface area contributed by atoms with Gasteiger partial charge in [0.15, 0.2) is 0 Å². The first-order chi connectivity index (χ1) is 10.7. The van der Waals surface area contributed by atoms with Crippen LogP contribution in [0.3, 0.4) is 0 Å². The van der Waals surface area contributed by atoms with Gasteiger partial charge < -0.3 is 4.98 Å². The van der Waals surface area contributed by atoms with Crippen molar-refractivity contribution in [2.24, 2.45) is 0 Å². The van der Waals surface area contributed by atoms with E-state index in [-0.39, 0.29) is 5.56 Å². The molecular formula is C16H11ClN4O. The first kappa shape index (κ1) is 13.0. The standard InChI is InChI=1S/C16H11ClN4O/c17-11-3-4-13-12(7-11)16(22)20-15(19-13)6-9-1-2-10-8-18-21-14(10)5-9/h1-5,7-8H,6H2,(H,18,21)(H,19,20,22). The second-order valence-corrected chi connectivity index (χ2v) is 5.58. The summed E-state index contributed by atoms with van der Waals surface area (Å²) in [7, 11) is 0. The molecule has 5 nitrogen and oxygen atoms in total. The zero-order chi connectivity index (χ0) is 15.1. The summed E-state index contributed by atoms with van der Waals surface area (Å²) in [5, 5.41) is 9.02. The van der Waals surface area contributed by atoms with Gasteiger partial charge in [0.2, 0.25) is 0 Å². The SMILES string of the molecule is O=c1[nH]c(Cc2ccc3cn[nH]c3c2)nc2ccc(Cl)cc12. The maximum Gasteiger partial charge on any atom is 0.258 e. The van der Waals surface area contributed by atoms with E-state index in [1.165, 1.54) is 0 Å². The Hall–Kier alpha value is -2.66. The second kappa shape index (κ2) is 4.96. The van der Waals surface area contributed by atoms with Crippen LogP contribution in [-0.4, -0.2) is 20.2 Å². The van der Waals surface area contributed by atoms with Gasteiger partial charge in [-0.1, -0.05) is 23.7 Å². The average Bonchev–Trinajstić information content (AvgIpc) is 2.96. The highest BCUT2D eigenvalue weighted by Gasteiger charge is 2.06. The number of H-pyrrole nitrogens is 2. The van der Waals surface area contributed by atoms with Gasteiger partial charge in [-0.25, -0.2) is 4.98 Å². The van der Waals surface area contributed by atoms with Crippen molar-refractivity contribution in [3.8, 4) is 0 Å². The molecule has 0 aliphatic rings. The lowest BCUT2D eigenvalue weighted by molar-refractivity contribution is 0.974. The van der Waals surface area contributed by atoms with Crippen LogP contribution in [0.1, 0.15) is 11.4 Å². The van der Waals surface area contributed by atoms with Crippen molar-refractivity contribution in [1.82, 2.24) is 20.2 Å². The Labute approximate surface area is 130 Å². The average molecular weight is 311 g/mol. The zero-order valence-electron chi connectivity index (χ0n) is 11.4. The van der Waals surface area contributed by atoms with E-state index >= 15 is 0 Å². The fourth-order valence-electron chi connectivity index (χ4n) is 2.53. The Bertz CT molecular complexity index is 1050. The molecule has 108 valence electrons. The number of halogens is 1. The maximum absolute atomic E-state index is 12.1. The monoisotopic (exact) mass is 310 g/mol. The summed E-state index contributed by atoms with van der Waals surface area (Å²) in [4.78, 5) is 19.5. The van der Waals surface area contributed by atoms with Gasteiger partial charge in [0, 0.05) is 16.8 Å². The molecule has 6 heteroatoms. The third-order valence-corrected chi connectivity index (χ3v) is 3.83. The Morgan fingerprint density at radius 1 is 1.14 bits per heavy atom. The number of hydrogen-bond acceptors (Lipinski definition) is 3. The number of nitrogens with zero attached hydrogens (tertiary/aromatic N) is 2. The summed E-state index contributed by atoms with van der Waals surface area (Å²) in [6.45, 7) is 0. The molecule has 0 spiro atoms. The van der Waals surface area contributed by atoms with Gasteiger partial charge in [-0.3, -0.25) is 9.89 Å². The quantitative estimate of drug-likeness (QED) is 0.597. The van der Waals surface area contributed by atoms with Crippen LogP contribution in [-0.2, 0) is 6.42 Å². The van der Waals surface area contributed by atoms with Crippen molar-refractivity contribution < 1.29 is 0 Å². The van der Waals surface area contributed by atoms with Crippen LogP contribution in [0.5, 0.6) is 0 Å². The van der Waals surface area contributed by atoms with Crippen LogP contribution < -0.4 is 5.56 Å².